The van der Waals surface area contributed by atoms with Gasteiger partial charge in [-0.3, -0.25) is 9.59 Å². The highest BCUT2D eigenvalue weighted by Gasteiger charge is 2.36. The van der Waals surface area contributed by atoms with E-state index in [1.807, 2.05) is 36.4 Å². The van der Waals surface area contributed by atoms with Gasteiger partial charge in [-0.25, -0.2) is 14.9 Å². The second kappa shape index (κ2) is 9.38. The van der Waals surface area contributed by atoms with Crippen LogP contribution in [0.3, 0.4) is 0 Å². The quantitative estimate of drug-likeness (QED) is 0.316. The summed E-state index contributed by atoms with van der Waals surface area (Å²) < 4.78 is 10.8. The van der Waals surface area contributed by atoms with Gasteiger partial charge in [-0.05, 0) is 26.8 Å². The molecule has 5 rings (SSSR count). The van der Waals surface area contributed by atoms with E-state index >= 15 is 0 Å². The lowest BCUT2D eigenvalue weighted by Crippen LogP contribution is -2.39. The van der Waals surface area contributed by atoms with Gasteiger partial charge >= 0.3 is 0 Å². The van der Waals surface area contributed by atoms with E-state index in [9.17, 15) is 9.59 Å². The van der Waals surface area contributed by atoms with Gasteiger partial charge in [0.2, 0.25) is 5.95 Å². The fraction of sp³-hybridized carbons (Fsp3) is 0.111. The normalized spacial score (nSPS) is 10.9. The number of hydrogen-bond acceptors (Lipinski definition) is 8. The van der Waals surface area contributed by atoms with Gasteiger partial charge in [-0.15, -0.1) is 0 Å². The van der Waals surface area contributed by atoms with Crippen LogP contribution in [0.2, 0.25) is 0 Å². The summed E-state index contributed by atoms with van der Waals surface area (Å²) in [5, 5.41) is 8.20. The molecule has 0 unspecified atom stereocenters. The molecule has 0 atom stereocenters. The number of nitrogens with zero attached hydrogens (tertiary/aromatic N) is 5. The Labute approximate surface area is 206 Å². The van der Waals surface area contributed by atoms with E-state index in [1.165, 1.54) is 6.20 Å². The lowest BCUT2D eigenvalue weighted by atomic mass is 10.0. The van der Waals surface area contributed by atoms with Gasteiger partial charge in [-0.2, -0.15) is 0 Å². The summed E-state index contributed by atoms with van der Waals surface area (Å²) in [4.78, 5) is 37.7. The fourth-order valence-corrected chi connectivity index (χ4v) is 3.88. The molecule has 36 heavy (non-hydrogen) atoms. The standard InChI is InChI=1S/C27H21N5O4/c1-16-14-15-28-27(29-16)32(25(33)21-17(2)35-30-23(21)19-10-6-4-7-11-19)26(34)22-18(3)36-31-24(22)20-12-8-5-9-13-20/h4-15H,1-3H3. The third-order valence-corrected chi connectivity index (χ3v) is 5.64. The van der Waals surface area contributed by atoms with E-state index in [2.05, 4.69) is 20.3 Å². The Balaban J connectivity index is 1.68. The third kappa shape index (κ3) is 4.07. The lowest BCUT2D eigenvalue weighted by Gasteiger charge is -2.19. The number of anilines is 1. The highest BCUT2D eigenvalue weighted by molar-refractivity contribution is 6.27. The summed E-state index contributed by atoms with van der Waals surface area (Å²) in [7, 11) is 0. The van der Waals surface area contributed by atoms with Crippen LogP contribution in [0.4, 0.5) is 5.95 Å². The van der Waals surface area contributed by atoms with Crippen LogP contribution in [0.5, 0.6) is 0 Å². The van der Waals surface area contributed by atoms with Crippen molar-refractivity contribution < 1.29 is 18.6 Å². The number of aryl methyl sites for hydroxylation is 3. The van der Waals surface area contributed by atoms with E-state index < -0.39 is 11.8 Å². The van der Waals surface area contributed by atoms with Crippen molar-refractivity contribution in [1.82, 2.24) is 20.3 Å². The molecule has 0 aliphatic heterocycles. The van der Waals surface area contributed by atoms with Crippen molar-refractivity contribution in [3.05, 3.63) is 101 Å². The molecular weight excluding hydrogens is 458 g/mol. The van der Waals surface area contributed by atoms with Crippen molar-refractivity contribution in [2.24, 2.45) is 0 Å². The highest BCUT2D eigenvalue weighted by Crippen LogP contribution is 2.31. The largest absolute Gasteiger partial charge is 0.360 e. The van der Waals surface area contributed by atoms with Crippen LogP contribution < -0.4 is 4.90 Å². The van der Waals surface area contributed by atoms with Gasteiger partial charge in [0.1, 0.15) is 34.0 Å². The van der Waals surface area contributed by atoms with Crippen molar-refractivity contribution in [1.29, 1.82) is 0 Å². The van der Waals surface area contributed by atoms with Gasteiger partial charge in [0, 0.05) is 23.0 Å². The monoisotopic (exact) mass is 479 g/mol. The molecule has 0 aliphatic carbocycles. The van der Waals surface area contributed by atoms with Gasteiger partial charge < -0.3 is 9.05 Å². The summed E-state index contributed by atoms with van der Waals surface area (Å²) in [6.07, 6.45) is 1.49. The second-order valence-corrected chi connectivity index (χ2v) is 8.10. The first-order chi connectivity index (χ1) is 17.5. The Morgan fingerprint density at radius 3 is 1.61 bits per heavy atom. The molecule has 2 aromatic carbocycles. The molecule has 0 radical (unpaired) electrons. The molecular formula is C27H21N5O4. The number of carbonyl (C=O) groups excluding carboxylic acids is 2. The van der Waals surface area contributed by atoms with Crippen LogP contribution >= 0.6 is 0 Å². The topological polar surface area (TPSA) is 115 Å². The molecule has 0 bridgehead atoms. The third-order valence-electron chi connectivity index (χ3n) is 5.64. The van der Waals surface area contributed by atoms with E-state index in [1.54, 1.807) is 51.1 Å². The van der Waals surface area contributed by atoms with Crippen LogP contribution in [0.1, 0.15) is 37.9 Å². The van der Waals surface area contributed by atoms with Crippen LogP contribution in [-0.2, 0) is 0 Å². The van der Waals surface area contributed by atoms with Crippen molar-refractivity contribution in [2.75, 3.05) is 4.90 Å². The van der Waals surface area contributed by atoms with Crippen LogP contribution in [0.15, 0.2) is 82.0 Å². The maximum absolute atomic E-state index is 14.1. The van der Waals surface area contributed by atoms with Crippen LogP contribution in [-0.4, -0.2) is 32.1 Å². The van der Waals surface area contributed by atoms with Gasteiger partial charge in [0.05, 0.1) is 0 Å². The van der Waals surface area contributed by atoms with E-state index in [0.717, 1.165) is 4.90 Å². The average Bonchev–Trinajstić information content (AvgIpc) is 3.47. The first-order valence-corrected chi connectivity index (χ1v) is 11.2. The molecule has 3 aromatic heterocycles. The predicted molar refractivity (Wildman–Crippen MR) is 131 cm³/mol. The molecule has 0 fully saturated rings. The minimum Gasteiger partial charge on any atom is -0.360 e. The Morgan fingerprint density at radius 2 is 1.17 bits per heavy atom. The molecule has 3 heterocycles. The predicted octanol–water partition coefficient (Wildman–Crippen LogP) is 5.20. The minimum absolute atomic E-state index is 0.0794. The van der Waals surface area contributed by atoms with E-state index in [-0.39, 0.29) is 28.6 Å². The summed E-state index contributed by atoms with van der Waals surface area (Å²) >= 11 is 0. The number of amides is 2. The number of rotatable bonds is 5. The average molecular weight is 479 g/mol. The maximum atomic E-state index is 14.1. The molecule has 178 valence electrons. The first-order valence-electron chi connectivity index (χ1n) is 11.2. The Morgan fingerprint density at radius 1 is 0.694 bits per heavy atom. The fourth-order valence-electron chi connectivity index (χ4n) is 3.88. The number of carbonyl (C=O) groups is 2. The van der Waals surface area contributed by atoms with Crippen molar-refractivity contribution >= 4 is 17.8 Å². The smallest absolute Gasteiger partial charge is 0.273 e. The summed E-state index contributed by atoms with van der Waals surface area (Å²) in [5.74, 6) is -0.917. The zero-order valence-corrected chi connectivity index (χ0v) is 19.8. The summed E-state index contributed by atoms with van der Waals surface area (Å²) in [6.45, 7) is 4.98. The molecule has 0 spiro atoms. The zero-order chi connectivity index (χ0) is 25.2. The SMILES string of the molecule is Cc1ccnc(N(C(=O)c2c(-c3ccccc3)noc2C)C(=O)c2c(-c3ccccc3)noc2C)n1. The number of hydrogen-bond donors (Lipinski definition) is 0. The Kier molecular flexibility index (Phi) is 5.95. The molecule has 0 saturated heterocycles. The maximum Gasteiger partial charge on any atom is 0.273 e. The summed E-state index contributed by atoms with van der Waals surface area (Å²) in [5.41, 5.74) is 2.82. The second-order valence-electron chi connectivity index (χ2n) is 8.10. The lowest BCUT2D eigenvalue weighted by molar-refractivity contribution is 0.0894. The molecule has 9 heteroatoms. The molecule has 2 amide bonds. The van der Waals surface area contributed by atoms with Crippen molar-refractivity contribution in [3.63, 3.8) is 0 Å². The molecule has 0 N–H and O–H groups in total. The van der Waals surface area contributed by atoms with Gasteiger partial charge in [0.15, 0.2) is 0 Å². The van der Waals surface area contributed by atoms with Gasteiger partial charge in [0.25, 0.3) is 11.8 Å². The highest BCUT2D eigenvalue weighted by atomic mass is 16.5. The first kappa shape index (κ1) is 22.9. The zero-order valence-electron chi connectivity index (χ0n) is 19.8. The number of imide groups is 1. The van der Waals surface area contributed by atoms with Crippen molar-refractivity contribution in [2.45, 2.75) is 20.8 Å². The number of benzene rings is 2. The Hall–Kier alpha value is -4.92. The summed E-state index contributed by atoms with van der Waals surface area (Å²) in [6, 6.07) is 19.9. The van der Waals surface area contributed by atoms with Crippen LogP contribution in [0.25, 0.3) is 22.5 Å². The van der Waals surface area contributed by atoms with E-state index in [0.29, 0.717) is 28.2 Å². The molecule has 0 aliphatic rings. The number of aromatic nitrogens is 4. The minimum atomic E-state index is -0.678. The van der Waals surface area contributed by atoms with E-state index in [4.69, 9.17) is 9.05 Å². The van der Waals surface area contributed by atoms with Crippen LogP contribution in [0, 0.1) is 20.8 Å². The molecule has 0 saturated carbocycles. The van der Waals surface area contributed by atoms with Gasteiger partial charge in [-0.1, -0.05) is 71.0 Å². The van der Waals surface area contributed by atoms with Crippen molar-refractivity contribution in [3.8, 4) is 22.5 Å². The molecule has 9 nitrogen and oxygen atoms in total. The Bertz CT molecular complexity index is 1460. The molecule has 5 aromatic rings.